The van der Waals surface area contributed by atoms with E-state index in [1.807, 2.05) is 48.5 Å². The van der Waals surface area contributed by atoms with Crippen molar-refractivity contribution in [2.45, 2.75) is 24.8 Å². The van der Waals surface area contributed by atoms with Gasteiger partial charge in [0.15, 0.2) is 5.82 Å². The largest absolute Gasteiger partial charge is 0.381 e. The van der Waals surface area contributed by atoms with E-state index in [4.69, 9.17) is 4.74 Å². The highest BCUT2D eigenvalue weighted by molar-refractivity contribution is 5.88. The summed E-state index contributed by atoms with van der Waals surface area (Å²) in [6.45, 7) is 1.70. The Morgan fingerprint density at radius 3 is 2.57 bits per heavy atom. The Morgan fingerprint density at radius 2 is 1.87 bits per heavy atom. The van der Waals surface area contributed by atoms with Gasteiger partial charge in [-0.1, -0.05) is 36.4 Å². The van der Waals surface area contributed by atoms with Crippen molar-refractivity contribution >= 4 is 5.91 Å². The minimum absolute atomic E-state index is 0.0362. The summed E-state index contributed by atoms with van der Waals surface area (Å²) in [5.74, 6) is 0.461. The first-order valence-electron chi connectivity index (χ1n) is 10.1. The lowest BCUT2D eigenvalue weighted by atomic mass is 9.73. The van der Waals surface area contributed by atoms with Crippen molar-refractivity contribution < 1.29 is 9.53 Å². The van der Waals surface area contributed by atoms with Crippen LogP contribution in [-0.2, 0) is 28.5 Å². The molecule has 0 atom stereocenters. The molecule has 3 heterocycles. The quantitative estimate of drug-likeness (QED) is 0.669. The average Bonchev–Trinajstić information content (AvgIpc) is 3.09. The molecular weight excluding hydrogens is 382 g/mol. The fraction of sp³-hybridized carbons (Fsp3) is 0.364. The predicted molar refractivity (Wildman–Crippen MR) is 112 cm³/mol. The fourth-order valence-electron chi connectivity index (χ4n) is 3.92. The molecule has 1 saturated heterocycles. The number of carbonyl (C=O) groups excluding carboxylic acids is 1. The molecule has 0 bridgehead atoms. The molecule has 0 radical (unpaired) electrons. The summed E-state index contributed by atoms with van der Waals surface area (Å²) in [5.41, 5.74) is 0.783. The van der Waals surface area contributed by atoms with Crippen molar-refractivity contribution in [3.63, 3.8) is 0 Å². The smallest absolute Gasteiger partial charge is 0.346 e. The highest BCUT2D eigenvalue weighted by Crippen LogP contribution is 2.35. The monoisotopic (exact) mass is 407 g/mol. The van der Waals surface area contributed by atoms with E-state index in [2.05, 4.69) is 15.4 Å². The van der Waals surface area contributed by atoms with Crippen molar-refractivity contribution in [3.8, 4) is 11.5 Å². The van der Waals surface area contributed by atoms with Gasteiger partial charge in [-0.3, -0.25) is 14.3 Å². The van der Waals surface area contributed by atoms with Gasteiger partial charge in [0, 0.05) is 33.0 Å². The Labute approximate surface area is 174 Å². The molecule has 1 aromatic carbocycles. The van der Waals surface area contributed by atoms with E-state index in [0.29, 0.717) is 44.1 Å². The summed E-state index contributed by atoms with van der Waals surface area (Å²) >= 11 is 0. The van der Waals surface area contributed by atoms with Crippen LogP contribution < -0.4 is 11.0 Å². The Kier molecular flexibility index (Phi) is 5.76. The number of pyridine rings is 1. The van der Waals surface area contributed by atoms with Gasteiger partial charge in [0.2, 0.25) is 5.91 Å². The number of aromatic nitrogens is 4. The number of hydrogen-bond donors (Lipinski definition) is 1. The molecule has 8 nitrogen and oxygen atoms in total. The zero-order valence-corrected chi connectivity index (χ0v) is 17.0. The number of nitrogens with one attached hydrogen (secondary N) is 1. The molecule has 1 aliphatic heterocycles. The Balaban J connectivity index is 1.47. The zero-order valence-electron chi connectivity index (χ0n) is 17.0. The lowest BCUT2D eigenvalue weighted by Crippen LogP contribution is -2.49. The molecule has 8 heteroatoms. The Hall–Kier alpha value is -3.26. The van der Waals surface area contributed by atoms with Gasteiger partial charge in [0.1, 0.15) is 5.69 Å². The number of ether oxygens (including phenoxy) is 1. The second-order valence-corrected chi connectivity index (χ2v) is 7.42. The van der Waals surface area contributed by atoms with Crippen LogP contribution in [0.1, 0.15) is 18.4 Å². The van der Waals surface area contributed by atoms with Gasteiger partial charge in [-0.2, -0.15) is 0 Å². The lowest BCUT2D eigenvalue weighted by molar-refractivity contribution is -0.130. The van der Waals surface area contributed by atoms with E-state index >= 15 is 0 Å². The van der Waals surface area contributed by atoms with E-state index in [-0.39, 0.29) is 18.1 Å². The minimum Gasteiger partial charge on any atom is -0.381 e. The number of benzene rings is 1. The molecule has 1 fully saturated rings. The van der Waals surface area contributed by atoms with Crippen molar-refractivity contribution in [2.75, 3.05) is 19.8 Å². The summed E-state index contributed by atoms with van der Waals surface area (Å²) in [7, 11) is 1.67. The molecule has 156 valence electrons. The van der Waals surface area contributed by atoms with Gasteiger partial charge in [0.25, 0.3) is 0 Å². The molecule has 3 aromatic rings. The highest BCUT2D eigenvalue weighted by atomic mass is 16.5. The second kappa shape index (κ2) is 8.62. The van der Waals surface area contributed by atoms with Crippen LogP contribution in [0.5, 0.6) is 0 Å². The number of amides is 1. The van der Waals surface area contributed by atoms with Gasteiger partial charge in [-0.25, -0.2) is 9.48 Å². The van der Waals surface area contributed by atoms with E-state index in [9.17, 15) is 9.59 Å². The summed E-state index contributed by atoms with van der Waals surface area (Å²) in [6.07, 6.45) is 2.93. The lowest BCUT2D eigenvalue weighted by Gasteiger charge is -2.36. The van der Waals surface area contributed by atoms with Gasteiger partial charge in [0.05, 0.1) is 12.0 Å². The summed E-state index contributed by atoms with van der Waals surface area (Å²) < 4.78 is 8.33. The highest BCUT2D eigenvalue weighted by Gasteiger charge is 2.41. The second-order valence-electron chi connectivity index (χ2n) is 7.42. The number of nitrogens with zero attached hydrogens (tertiary/aromatic N) is 4. The van der Waals surface area contributed by atoms with Crippen LogP contribution in [0.3, 0.4) is 0 Å². The maximum absolute atomic E-state index is 13.2. The van der Waals surface area contributed by atoms with E-state index < -0.39 is 5.41 Å². The summed E-state index contributed by atoms with van der Waals surface area (Å²) in [6, 6.07) is 15.3. The molecule has 0 aliphatic carbocycles. The van der Waals surface area contributed by atoms with Gasteiger partial charge >= 0.3 is 5.69 Å². The van der Waals surface area contributed by atoms with Gasteiger partial charge in [-0.05, 0) is 30.5 Å². The number of hydrogen-bond acceptors (Lipinski definition) is 5. The van der Waals surface area contributed by atoms with Crippen LogP contribution >= 0.6 is 0 Å². The maximum atomic E-state index is 13.2. The van der Waals surface area contributed by atoms with E-state index in [0.717, 1.165) is 5.56 Å². The van der Waals surface area contributed by atoms with Crippen molar-refractivity contribution in [1.82, 2.24) is 24.6 Å². The maximum Gasteiger partial charge on any atom is 0.346 e. The minimum atomic E-state index is -0.603. The topological polar surface area (TPSA) is 91.0 Å². The normalized spacial score (nSPS) is 15.6. The molecular formula is C22H25N5O3. The third kappa shape index (κ3) is 3.78. The molecule has 0 unspecified atom stereocenters. The standard InChI is InChI=1S/C22H25N5O3/c1-26-19(18-9-5-6-12-23-18)25-27(21(26)29)14-13-24-20(28)22(10-15-30-16-11-22)17-7-3-2-4-8-17/h2-9,12H,10-11,13-16H2,1H3,(H,24,28). The van der Waals surface area contributed by atoms with Crippen LogP contribution in [0, 0.1) is 0 Å². The Morgan fingerprint density at radius 1 is 1.13 bits per heavy atom. The Bertz CT molecular complexity index is 1050. The number of rotatable bonds is 6. The van der Waals surface area contributed by atoms with E-state index in [1.165, 1.54) is 9.25 Å². The SMILES string of the molecule is Cn1c(-c2ccccn2)nn(CCNC(=O)C2(c3ccccc3)CCOCC2)c1=O. The third-order valence-corrected chi connectivity index (χ3v) is 5.65. The first kappa shape index (κ1) is 20.0. The third-order valence-electron chi connectivity index (χ3n) is 5.65. The molecule has 1 N–H and O–H groups in total. The van der Waals surface area contributed by atoms with Crippen molar-refractivity contribution in [1.29, 1.82) is 0 Å². The molecule has 1 amide bonds. The molecule has 4 rings (SSSR count). The first-order chi connectivity index (χ1) is 14.6. The molecule has 30 heavy (non-hydrogen) atoms. The number of carbonyl (C=O) groups is 1. The molecule has 2 aromatic heterocycles. The summed E-state index contributed by atoms with van der Waals surface area (Å²) in [5, 5.41) is 7.41. The van der Waals surface area contributed by atoms with Crippen LogP contribution in [0.15, 0.2) is 59.5 Å². The van der Waals surface area contributed by atoms with Crippen LogP contribution in [0.25, 0.3) is 11.5 Å². The van der Waals surface area contributed by atoms with Gasteiger partial charge in [-0.15, -0.1) is 5.10 Å². The van der Waals surface area contributed by atoms with Crippen molar-refractivity contribution in [2.24, 2.45) is 7.05 Å². The van der Waals surface area contributed by atoms with E-state index in [1.54, 1.807) is 13.2 Å². The van der Waals surface area contributed by atoms with Crippen molar-refractivity contribution in [3.05, 3.63) is 70.8 Å². The average molecular weight is 407 g/mol. The fourth-order valence-corrected chi connectivity index (χ4v) is 3.92. The molecule has 0 saturated carbocycles. The van der Waals surface area contributed by atoms with Crippen LogP contribution in [0.2, 0.25) is 0 Å². The molecule has 1 aliphatic rings. The van der Waals surface area contributed by atoms with Gasteiger partial charge < -0.3 is 10.1 Å². The van der Waals surface area contributed by atoms with Crippen LogP contribution in [0.4, 0.5) is 0 Å². The predicted octanol–water partition coefficient (Wildman–Crippen LogP) is 1.51. The molecule has 0 spiro atoms. The first-order valence-corrected chi connectivity index (χ1v) is 10.1. The van der Waals surface area contributed by atoms with Crippen LogP contribution in [-0.4, -0.2) is 45.0 Å². The summed E-state index contributed by atoms with van der Waals surface area (Å²) in [4.78, 5) is 30.0. The zero-order chi connectivity index (χ0) is 21.0.